The molecule has 0 aliphatic carbocycles. The first-order valence-corrected chi connectivity index (χ1v) is 8.42. The Bertz CT molecular complexity index is 286. The van der Waals surface area contributed by atoms with Crippen LogP contribution in [0.2, 0.25) is 0 Å². The van der Waals surface area contributed by atoms with Crippen molar-refractivity contribution in [1.82, 2.24) is 10.6 Å². The Hall–Kier alpha value is -0.560. The summed E-state index contributed by atoms with van der Waals surface area (Å²) in [7, 11) is 0. The largest absolute Gasteiger partial charge is 0.317 e. The van der Waals surface area contributed by atoms with Crippen molar-refractivity contribution < 1.29 is 0 Å². The van der Waals surface area contributed by atoms with Crippen LogP contribution in [0.4, 0.5) is 0 Å². The van der Waals surface area contributed by atoms with Gasteiger partial charge in [-0.25, -0.2) is 0 Å². The van der Waals surface area contributed by atoms with Gasteiger partial charge in [0.1, 0.15) is 0 Å². The molecule has 0 fully saturated rings. The van der Waals surface area contributed by atoms with Gasteiger partial charge in [-0.3, -0.25) is 0 Å². The minimum atomic E-state index is 0.283. The topological polar surface area (TPSA) is 24.1 Å². The van der Waals surface area contributed by atoms with Crippen molar-refractivity contribution in [3.05, 3.63) is 17.4 Å². The Morgan fingerprint density at radius 3 is 2.30 bits per heavy atom. The molecule has 2 nitrogen and oxygen atoms in total. The third kappa shape index (κ3) is 9.36. The fraction of sp³-hybridized carbons (Fsp3) is 0.833. The first-order chi connectivity index (χ1) is 9.60. The zero-order chi connectivity index (χ0) is 15.3. The Labute approximate surface area is 127 Å². The fourth-order valence-corrected chi connectivity index (χ4v) is 2.29. The van der Waals surface area contributed by atoms with Gasteiger partial charge in [-0.15, -0.1) is 5.73 Å². The molecule has 0 radical (unpaired) electrons. The third-order valence-electron chi connectivity index (χ3n) is 3.83. The molecule has 0 aromatic rings. The van der Waals surface area contributed by atoms with Gasteiger partial charge in [0.25, 0.3) is 0 Å². The lowest BCUT2D eigenvalue weighted by molar-refractivity contribution is 0.307. The molecule has 0 aliphatic heterocycles. The van der Waals surface area contributed by atoms with Crippen molar-refractivity contribution in [1.29, 1.82) is 0 Å². The maximum atomic E-state index is 3.65. The van der Waals surface area contributed by atoms with E-state index >= 15 is 0 Å². The second kappa shape index (κ2) is 12.2. The summed E-state index contributed by atoms with van der Waals surface area (Å²) in [5.74, 6) is 0. The lowest BCUT2D eigenvalue weighted by Crippen LogP contribution is -2.34. The van der Waals surface area contributed by atoms with E-state index in [1.807, 2.05) is 0 Å². The molecule has 0 unspecified atom stereocenters. The van der Waals surface area contributed by atoms with Crippen molar-refractivity contribution in [2.24, 2.45) is 5.41 Å². The predicted molar refractivity (Wildman–Crippen MR) is 91.2 cm³/mol. The Balaban J connectivity index is 4.40. The van der Waals surface area contributed by atoms with E-state index in [1.54, 1.807) is 0 Å². The maximum Gasteiger partial charge on any atom is 0.00796 e. The second-order valence-corrected chi connectivity index (χ2v) is 5.99. The summed E-state index contributed by atoms with van der Waals surface area (Å²) >= 11 is 0. The molecule has 2 heteroatoms. The minimum Gasteiger partial charge on any atom is -0.317 e. The van der Waals surface area contributed by atoms with E-state index in [1.165, 1.54) is 37.7 Å². The van der Waals surface area contributed by atoms with E-state index in [0.29, 0.717) is 0 Å². The summed E-state index contributed by atoms with van der Waals surface area (Å²) in [6, 6.07) is 0. The molecular formula is C18H36N2. The van der Waals surface area contributed by atoms with Gasteiger partial charge in [0, 0.05) is 12.0 Å². The Kier molecular flexibility index (Phi) is 11.9. The number of hydrogen-bond donors (Lipinski definition) is 2. The van der Waals surface area contributed by atoms with Crippen LogP contribution in [0, 0.1) is 5.41 Å². The average Bonchev–Trinajstić information content (AvgIpc) is 2.45. The van der Waals surface area contributed by atoms with E-state index in [2.05, 4.69) is 57.1 Å². The molecule has 0 aromatic carbocycles. The molecule has 0 rings (SSSR count). The number of nitrogens with one attached hydrogen (secondary N) is 2. The summed E-state index contributed by atoms with van der Waals surface area (Å²) in [5.41, 5.74) is 5.00. The molecule has 0 bridgehead atoms. The SMILES string of the molecule is CCCC[C@@](C=C=C(C)C)(CC)CNCCCNCC. The molecule has 0 aromatic heterocycles. The van der Waals surface area contributed by atoms with Gasteiger partial charge in [-0.05, 0) is 64.4 Å². The second-order valence-electron chi connectivity index (χ2n) is 5.99. The van der Waals surface area contributed by atoms with Crippen molar-refractivity contribution in [2.75, 3.05) is 26.2 Å². The highest BCUT2D eigenvalue weighted by Gasteiger charge is 2.23. The standard InChI is InChI=1S/C18H36N2/c1-6-9-12-18(7-2,13-11-17(4)5)16-20-15-10-14-19-8-3/h13,19-20H,6-10,12,14-16H2,1-5H3/t18-/m1/s1. The monoisotopic (exact) mass is 280 g/mol. The smallest absolute Gasteiger partial charge is 0.00796 e. The summed E-state index contributed by atoms with van der Waals surface area (Å²) < 4.78 is 0. The van der Waals surface area contributed by atoms with Crippen LogP contribution in [0.15, 0.2) is 17.4 Å². The van der Waals surface area contributed by atoms with Crippen molar-refractivity contribution in [3.8, 4) is 0 Å². The van der Waals surface area contributed by atoms with Gasteiger partial charge in [-0.1, -0.05) is 33.6 Å². The lowest BCUT2D eigenvalue weighted by atomic mass is 9.80. The van der Waals surface area contributed by atoms with Crippen LogP contribution >= 0.6 is 0 Å². The van der Waals surface area contributed by atoms with Gasteiger partial charge in [0.2, 0.25) is 0 Å². The van der Waals surface area contributed by atoms with Gasteiger partial charge >= 0.3 is 0 Å². The molecule has 0 heterocycles. The molecule has 2 N–H and O–H groups in total. The fourth-order valence-electron chi connectivity index (χ4n) is 2.29. The third-order valence-corrected chi connectivity index (χ3v) is 3.83. The van der Waals surface area contributed by atoms with E-state index < -0.39 is 0 Å². The quantitative estimate of drug-likeness (QED) is 0.412. The van der Waals surface area contributed by atoms with Gasteiger partial charge in [0.15, 0.2) is 0 Å². The number of rotatable bonds is 12. The van der Waals surface area contributed by atoms with Crippen molar-refractivity contribution in [3.63, 3.8) is 0 Å². The first-order valence-electron chi connectivity index (χ1n) is 8.42. The maximum absolute atomic E-state index is 3.65. The van der Waals surface area contributed by atoms with Gasteiger partial charge in [0.05, 0.1) is 0 Å². The van der Waals surface area contributed by atoms with Crippen LogP contribution in [0.25, 0.3) is 0 Å². The zero-order valence-electron chi connectivity index (χ0n) is 14.4. The summed E-state index contributed by atoms with van der Waals surface area (Å²) in [6.07, 6.45) is 8.55. The summed E-state index contributed by atoms with van der Waals surface area (Å²) in [4.78, 5) is 0. The van der Waals surface area contributed by atoms with Crippen LogP contribution in [0.3, 0.4) is 0 Å². The molecule has 0 saturated heterocycles. The molecule has 1 atom stereocenters. The number of hydrogen-bond acceptors (Lipinski definition) is 2. The average molecular weight is 280 g/mol. The number of unbranched alkanes of at least 4 members (excludes halogenated alkanes) is 1. The molecule has 118 valence electrons. The van der Waals surface area contributed by atoms with Crippen molar-refractivity contribution in [2.45, 2.75) is 66.7 Å². The Morgan fingerprint density at radius 1 is 1.05 bits per heavy atom. The highest BCUT2D eigenvalue weighted by molar-refractivity contribution is 5.04. The zero-order valence-corrected chi connectivity index (χ0v) is 14.4. The minimum absolute atomic E-state index is 0.283. The van der Waals surface area contributed by atoms with Crippen LogP contribution in [-0.2, 0) is 0 Å². The summed E-state index contributed by atoms with van der Waals surface area (Å²) in [6.45, 7) is 15.3. The van der Waals surface area contributed by atoms with Gasteiger partial charge in [-0.2, -0.15) is 0 Å². The van der Waals surface area contributed by atoms with Crippen LogP contribution in [0.1, 0.15) is 66.7 Å². The van der Waals surface area contributed by atoms with E-state index in [4.69, 9.17) is 0 Å². The van der Waals surface area contributed by atoms with Crippen molar-refractivity contribution >= 4 is 0 Å². The molecule has 20 heavy (non-hydrogen) atoms. The van der Waals surface area contributed by atoms with Gasteiger partial charge < -0.3 is 10.6 Å². The highest BCUT2D eigenvalue weighted by Crippen LogP contribution is 2.29. The van der Waals surface area contributed by atoms with Crippen LogP contribution in [-0.4, -0.2) is 26.2 Å². The molecule has 0 spiro atoms. The molecule has 0 aliphatic rings. The predicted octanol–water partition coefficient (Wildman–Crippen LogP) is 4.28. The van der Waals surface area contributed by atoms with E-state index in [9.17, 15) is 0 Å². The molecule has 0 saturated carbocycles. The first kappa shape index (κ1) is 19.4. The van der Waals surface area contributed by atoms with Crippen LogP contribution < -0.4 is 10.6 Å². The van der Waals surface area contributed by atoms with E-state index in [0.717, 1.165) is 26.2 Å². The molecule has 0 amide bonds. The summed E-state index contributed by atoms with van der Waals surface area (Å²) in [5, 5.41) is 7.02. The van der Waals surface area contributed by atoms with E-state index in [-0.39, 0.29) is 5.41 Å². The Morgan fingerprint density at radius 2 is 1.75 bits per heavy atom. The molecular weight excluding hydrogens is 244 g/mol. The lowest BCUT2D eigenvalue weighted by Gasteiger charge is -2.29. The van der Waals surface area contributed by atoms with Crippen LogP contribution in [0.5, 0.6) is 0 Å². The normalized spacial score (nSPS) is 13.7. The highest BCUT2D eigenvalue weighted by atomic mass is 14.9.